The van der Waals surface area contributed by atoms with Crippen LogP contribution in [0.4, 0.5) is 0 Å². The number of sulfonamides is 1. The number of benzene rings is 1. The Balaban J connectivity index is 1.39. The molecule has 0 saturated carbocycles. The average Bonchev–Trinajstić information content (AvgIpc) is 3.32. The highest BCUT2D eigenvalue weighted by Gasteiger charge is 2.17. The maximum absolute atomic E-state index is 12.6. The van der Waals surface area contributed by atoms with E-state index in [4.69, 9.17) is 0 Å². The molecule has 0 saturated heterocycles. The number of nitrogens with zero attached hydrogens (tertiary/aromatic N) is 2. The fourth-order valence-corrected chi connectivity index (χ4v) is 5.03. The lowest BCUT2D eigenvalue weighted by molar-refractivity contribution is 0.561. The number of nitrogens with one attached hydrogen (secondary N) is 1. The van der Waals surface area contributed by atoms with Crippen molar-refractivity contribution in [3.63, 3.8) is 0 Å². The Morgan fingerprint density at radius 3 is 2.77 bits per heavy atom. The normalized spacial score (nSPS) is 14.3. The molecule has 0 bridgehead atoms. The third-order valence-electron chi connectivity index (χ3n) is 4.72. The minimum absolute atomic E-state index is 0.310. The van der Waals surface area contributed by atoms with Gasteiger partial charge in [-0.25, -0.2) is 13.1 Å². The van der Waals surface area contributed by atoms with Gasteiger partial charge >= 0.3 is 0 Å². The highest BCUT2D eigenvalue weighted by atomic mass is 32.2. The van der Waals surface area contributed by atoms with E-state index in [0.717, 1.165) is 30.5 Å². The summed E-state index contributed by atoms with van der Waals surface area (Å²) in [6, 6.07) is 9.48. The Bertz CT molecular complexity index is 992. The predicted molar refractivity (Wildman–Crippen MR) is 104 cm³/mol. The minimum Gasteiger partial charge on any atom is -0.271 e. The van der Waals surface area contributed by atoms with Gasteiger partial charge in [0.15, 0.2) is 0 Å². The monoisotopic (exact) mass is 387 g/mol. The number of fused-ring (bicyclic) bond motifs is 1. The van der Waals surface area contributed by atoms with Crippen LogP contribution in [0, 0.1) is 0 Å². The first-order chi connectivity index (χ1) is 12.6. The summed E-state index contributed by atoms with van der Waals surface area (Å²) in [5.74, 6) is 0. The van der Waals surface area contributed by atoms with Gasteiger partial charge in [-0.1, -0.05) is 6.07 Å². The van der Waals surface area contributed by atoms with Gasteiger partial charge in [-0.15, -0.1) is 0 Å². The Morgan fingerprint density at radius 2 is 1.96 bits per heavy atom. The maximum Gasteiger partial charge on any atom is 0.240 e. The van der Waals surface area contributed by atoms with Crippen LogP contribution in [0.3, 0.4) is 0 Å². The van der Waals surface area contributed by atoms with Crippen LogP contribution in [0.5, 0.6) is 0 Å². The number of hydrogen-bond acceptors (Lipinski definition) is 4. The van der Waals surface area contributed by atoms with Crippen molar-refractivity contribution < 1.29 is 8.42 Å². The van der Waals surface area contributed by atoms with Crippen LogP contribution in [-0.4, -0.2) is 24.7 Å². The molecular formula is C19H21N3O2S2. The lowest BCUT2D eigenvalue weighted by atomic mass is 9.92. The van der Waals surface area contributed by atoms with Gasteiger partial charge in [0.05, 0.1) is 17.1 Å². The lowest BCUT2D eigenvalue weighted by Crippen LogP contribution is -2.27. The molecule has 0 spiro atoms. The van der Waals surface area contributed by atoms with Crippen LogP contribution in [0.1, 0.15) is 24.0 Å². The molecule has 1 N–H and O–H groups in total. The SMILES string of the molecule is O=S(=O)(NCCn1ccc(-c2ccsc2)n1)c1ccc2c(c1)CCCC2. The molecule has 2 aromatic heterocycles. The van der Waals surface area contributed by atoms with Gasteiger partial charge in [0.25, 0.3) is 0 Å². The van der Waals surface area contributed by atoms with E-state index in [2.05, 4.69) is 9.82 Å². The van der Waals surface area contributed by atoms with Crippen molar-refractivity contribution in [1.29, 1.82) is 0 Å². The van der Waals surface area contributed by atoms with Crippen molar-refractivity contribution >= 4 is 21.4 Å². The number of hydrogen-bond donors (Lipinski definition) is 1. The number of aromatic nitrogens is 2. The van der Waals surface area contributed by atoms with E-state index >= 15 is 0 Å². The molecule has 2 heterocycles. The lowest BCUT2D eigenvalue weighted by Gasteiger charge is -2.16. The Kier molecular flexibility index (Phi) is 4.93. The van der Waals surface area contributed by atoms with Crippen LogP contribution in [0.2, 0.25) is 0 Å². The molecule has 1 aliphatic rings. The average molecular weight is 388 g/mol. The zero-order chi connectivity index (χ0) is 18.0. The Hall–Kier alpha value is -1.96. The molecule has 0 atom stereocenters. The summed E-state index contributed by atoms with van der Waals surface area (Å²) in [7, 11) is -3.49. The molecule has 0 radical (unpaired) electrons. The number of thiophene rings is 1. The number of rotatable bonds is 6. The molecule has 0 amide bonds. The topological polar surface area (TPSA) is 64.0 Å². The van der Waals surface area contributed by atoms with Crippen LogP contribution >= 0.6 is 11.3 Å². The van der Waals surface area contributed by atoms with Gasteiger partial charge in [0, 0.05) is 23.7 Å². The molecule has 0 fully saturated rings. The van der Waals surface area contributed by atoms with E-state index in [1.54, 1.807) is 22.1 Å². The van der Waals surface area contributed by atoms with Crippen molar-refractivity contribution in [1.82, 2.24) is 14.5 Å². The van der Waals surface area contributed by atoms with Crippen molar-refractivity contribution in [2.45, 2.75) is 37.1 Å². The molecule has 5 nitrogen and oxygen atoms in total. The first kappa shape index (κ1) is 17.5. The molecule has 3 aromatic rings. The minimum atomic E-state index is -3.49. The molecule has 26 heavy (non-hydrogen) atoms. The molecule has 1 aromatic carbocycles. The summed E-state index contributed by atoms with van der Waals surface area (Å²) >= 11 is 1.63. The van der Waals surface area contributed by atoms with Crippen LogP contribution in [0.15, 0.2) is 52.2 Å². The Morgan fingerprint density at radius 1 is 1.12 bits per heavy atom. The van der Waals surface area contributed by atoms with Gasteiger partial charge < -0.3 is 0 Å². The van der Waals surface area contributed by atoms with Gasteiger partial charge in [0.2, 0.25) is 10.0 Å². The zero-order valence-electron chi connectivity index (χ0n) is 14.4. The molecule has 136 valence electrons. The number of aryl methyl sites for hydroxylation is 2. The van der Waals surface area contributed by atoms with E-state index in [9.17, 15) is 8.42 Å². The van der Waals surface area contributed by atoms with E-state index in [-0.39, 0.29) is 0 Å². The smallest absolute Gasteiger partial charge is 0.240 e. The standard InChI is InChI=1S/C19H21N3O2S2/c23-26(24,18-6-5-15-3-1-2-4-16(15)13-18)20-9-11-22-10-7-19(21-22)17-8-12-25-14-17/h5-8,10,12-14,20H,1-4,9,11H2. The first-order valence-corrected chi connectivity index (χ1v) is 11.2. The third-order valence-corrected chi connectivity index (χ3v) is 6.86. The summed E-state index contributed by atoms with van der Waals surface area (Å²) in [4.78, 5) is 0.359. The largest absolute Gasteiger partial charge is 0.271 e. The fraction of sp³-hybridized carbons (Fsp3) is 0.316. The van der Waals surface area contributed by atoms with Crippen LogP contribution in [0.25, 0.3) is 11.3 Å². The van der Waals surface area contributed by atoms with Crippen LogP contribution < -0.4 is 4.72 Å². The maximum atomic E-state index is 12.6. The second-order valence-electron chi connectivity index (χ2n) is 6.51. The molecule has 1 aliphatic carbocycles. The Labute approximate surface area is 157 Å². The second kappa shape index (κ2) is 7.34. The van der Waals surface area contributed by atoms with Crippen molar-refractivity contribution in [2.24, 2.45) is 0 Å². The molecule has 7 heteroatoms. The fourth-order valence-electron chi connectivity index (χ4n) is 3.31. The molecule has 4 rings (SSSR count). The summed E-state index contributed by atoms with van der Waals surface area (Å²) in [6.07, 6.45) is 6.22. The van der Waals surface area contributed by atoms with Gasteiger partial charge in [0.1, 0.15) is 0 Å². The van der Waals surface area contributed by atoms with Gasteiger partial charge in [-0.05, 0) is 66.5 Å². The first-order valence-electron chi connectivity index (χ1n) is 8.79. The summed E-state index contributed by atoms with van der Waals surface area (Å²) in [6.45, 7) is 0.804. The highest BCUT2D eigenvalue weighted by molar-refractivity contribution is 7.89. The summed E-state index contributed by atoms with van der Waals surface area (Å²) in [5.41, 5.74) is 4.45. The third kappa shape index (κ3) is 3.75. The second-order valence-corrected chi connectivity index (χ2v) is 9.06. The van der Waals surface area contributed by atoms with Crippen molar-refractivity contribution in [2.75, 3.05) is 6.54 Å². The van der Waals surface area contributed by atoms with Gasteiger partial charge in [-0.3, -0.25) is 4.68 Å². The molecule has 0 aliphatic heterocycles. The van der Waals surface area contributed by atoms with E-state index in [0.29, 0.717) is 18.0 Å². The van der Waals surface area contributed by atoms with E-state index in [1.165, 1.54) is 17.5 Å². The van der Waals surface area contributed by atoms with Crippen molar-refractivity contribution in [3.8, 4) is 11.3 Å². The summed E-state index contributed by atoms with van der Waals surface area (Å²) < 4.78 is 29.6. The van der Waals surface area contributed by atoms with E-state index < -0.39 is 10.0 Å². The summed E-state index contributed by atoms with van der Waals surface area (Å²) in [5, 5.41) is 8.55. The van der Waals surface area contributed by atoms with Crippen LogP contribution in [-0.2, 0) is 29.4 Å². The molecular weight excluding hydrogens is 366 g/mol. The molecule has 0 unspecified atom stereocenters. The van der Waals surface area contributed by atoms with Crippen molar-refractivity contribution in [3.05, 3.63) is 58.4 Å². The predicted octanol–water partition coefficient (Wildman–Crippen LogP) is 3.47. The van der Waals surface area contributed by atoms with E-state index in [1.807, 2.05) is 41.2 Å². The zero-order valence-corrected chi connectivity index (χ0v) is 16.0. The van der Waals surface area contributed by atoms with Gasteiger partial charge in [-0.2, -0.15) is 16.4 Å². The highest BCUT2D eigenvalue weighted by Crippen LogP contribution is 2.24. The quantitative estimate of drug-likeness (QED) is 0.704.